The number of aromatic nitrogens is 4. The van der Waals surface area contributed by atoms with E-state index >= 15 is 0 Å². The largest absolute Gasteiger partial charge is 0.364 e. The number of likely N-dealkylation sites (tertiary alicyclic amines) is 1. The summed E-state index contributed by atoms with van der Waals surface area (Å²) in [5, 5.41) is 3.51. The lowest BCUT2D eigenvalue weighted by Crippen LogP contribution is -2.42. The van der Waals surface area contributed by atoms with Crippen molar-refractivity contribution in [3.05, 3.63) is 12.7 Å². The first kappa shape index (κ1) is 11.4. The van der Waals surface area contributed by atoms with Crippen LogP contribution < -0.4 is 5.32 Å². The molecule has 1 aliphatic rings. The van der Waals surface area contributed by atoms with Gasteiger partial charge in [0.15, 0.2) is 11.5 Å². The van der Waals surface area contributed by atoms with Crippen LogP contribution in [-0.4, -0.2) is 50.5 Å². The molecule has 1 fully saturated rings. The van der Waals surface area contributed by atoms with Crippen LogP contribution in [0.1, 0.15) is 19.8 Å². The number of nitrogens with zero attached hydrogens (tertiary/aromatic N) is 4. The van der Waals surface area contributed by atoms with Gasteiger partial charge in [0, 0.05) is 12.6 Å². The number of anilines is 1. The average Bonchev–Trinajstić information content (AvgIpc) is 2.88. The Labute approximate surface area is 106 Å². The van der Waals surface area contributed by atoms with E-state index in [1.165, 1.54) is 19.4 Å². The van der Waals surface area contributed by atoms with Gasteiger partial charge in [-0.2, -0.15) is 0 Å². The predicted octanol–water partition coefficient (Wildman–Crippen LogP) is 1.25. The van der Waals surface area contributed by atoms with Crippen LogP contribution in [0.3, 0.4) is 0 Å². The maximum Gasteiger partial charge on any atom is 0.182 e. The second-order valence-electron chi connectivity index (χ2n) is 4.70. The summed E-state index contributed by atoms with van der Waals surface area (Å²) in [6, 6.07) is 0.458. The van der Waals surface area contributed by atoms with E-state index in [1.807, 2.05) is 0 Å². The first-order chi connectivity index (χ1) is 8.86. The molecule has 6 heteroatoms. The van der Waals surface area contributed by atoms with Crippen LogP contribution in [0.4, 0.5) is 5.82 Å². The molecule has 2 aromatic heterocycles. The van der Waals surface area contributed by atoms with Crippen LogP contribution in [0.25, 0.3) is 11.2 Å². The number of imidazole rings is 1. The van der Waals surface area contributed by atoms with Crippen molar-refractivity contribution in [3.63, 3.8) is 0 Å². The number of likely N-dealkylation sites (N-methyl/N-ethyl adjacent to an activating group) is 1. The van der Waals surface area contributed by atoms with Crippen molar-refractivity contribution >= 4 is 17.0 Å². The molecule has 2 aromatic rings. The number of hydrogen-bond donors (Lipinski definition) is 2. The molecule has 18 heavy (non-hydrogen) atoms. The fourth-order valence-electron chi connectivity index (χ4n) is 2.53. The van der Waals surface area contributed by atoms with Gasteiger partial charge in [-0.05, 0) is 25.9 Å². The van der Waals surface area contributed by atoms with Crippen molar-refractivity contribution in [2.45, 2.75) is 25.8 Å². The second kappa shape index (κ2) is 4.89. The minimum Gasteiger partial charge on any atom is -0.364 e. The maximum absolute atomic E-state index is 4.31. The van der Waals surface area contributed by atoms with Crippen molar-refractivity contribution in [2.24, 2.45) is 0 Å². The molecule has 1 atom stereocenters. The van der Waals surface area contributed by atoms with E-state index in [-0.39, 0.29) is 0 Å². The van der Waals surface area contributed by atoms with E-state index < -0.39 is 0 Å². The molecule has 0 bridgehead atoms. The normalized spacial score (nSPS) is 21.3. The molecule has 0 saturated carbocycles. The molecule has 0 aromatic carbocycles. The van der Waals surface area contributed by atoms with E-state index in [9.17, 15) is 0 Å². The summed E-state index contributed by atoms with van der Waals surface area (Å²) >= 11 is 0. The topological polar surface area (TPSA) is 69.7 Å². The molecule has 0 amide bonds. The minimum atomic E-state index is 0.458. The maximum atomic E-state index is 4.31. The summed E-state index contributed by atoms with van der Waals surface area (Å²) in [7, 11) is 0. The highest BCUT2D eigenvalue weighted by Gasteiger charge is 2.19. The van der Waals surface area contributed by atoms with Crippen molar-refractivity contribution in [1.82, 2.24) is 24.8 Å². The Kier molecular flexibility index (Phi) is 3.10. The molecule has 0 radical (unpaired) electrons. The van der Waals surface area contributed by atoms with Gasteiger partial charge in [-0.3, -0.25) is 0 Å². The molecule has 96 valence electrons. The Morgan fingerprint density at radius 1 is 1.44 bits per heavy atom. The Morgan fingerprint density at radius 2 is 2.39 bits per heavy atom. The van der Waals surface area contributed by atoms with Gasteiger partial charge >= 0.3 is 0 Å². The molecule has 3 heterocycles. The van der Waals surface area contributed by atoms with E-state index in [0.29, 0.717) is 6.04 Å². The summed E-state index contributed by atoms with van der Waals surface area (Å²) in [5.41, 5.74) is 1.61. The number of fused-ring (bicyclic) bond motifs is 1. The summed E-state index contributed by atoms with van der Waals surface area (Å²) < 4.78 is 0. The standard InChI is InChI=1S/C12H18N6/c1-2-18-5-3-4-9(6-18)17-12-10-11(14-7-13-10)15-8-16-12/h7-9H,2-6H2,1H3,(H2,13,14,15,16,17). The van der Waals surface area contributed by atoms with Crippen molar-refractivity contribution in [3.8, 4) is 0 Å². The molecule has 1 saturated heterocycles. The van der Waals surface area contributed by atoms with Gasteiger partial charge in [0.25, 0.3) is 0 Å². The second-order valence-corrected chi connectivity index (χ2v) is 4.70. The Hall–Kier alpha value is -1.69. The molecule has 0 aliphatic carbocycles. The molecule has 3 rings (SSSR count). The molecule has 1 aliphatic heterocycles. The van der Waals surface area contributed by atoms with E-state index in [1.54, 1.807) is 12.7 Å². The third kappa shape index (κ3) is 2.15. The fraction of sp³-hybridized carbons (Fsp3) is 0.583. The first-order valence-electron chi connectivity index (χ1n) is 6.50. The smallest absolute Gasteiger partial charge is 0.182 e. The third-order valence-electron chi connectivity index (χ3n) is 3.52. The van der Waals surface area contributed by atoms with Crippen LogP contribution in [-0.2, 0) is 0 Å². The van der Waals surface area contributed by atoms with Crippen LogP contribution in [0.2, 0.25) is 0 Å². The lowest BCUT2D eigenvalue weighted by atomic mass is 10.1. The number of aromatic amines is 1. The highest BCUT2D eigenvalue weighted by atomic mass is 15.2. The molecule has 1 unspecified atom stereocenters. The van der Waals surface area contributed by atoms with Gasteiger partial charge < -0.3 is 15.2 Å². The number of rotatable bonds is 3. The average molecular weight is 246 g/mol. The van der Waals surface area contributed by atoms with Crippen LogP contribution >= 0.6 is 0 Å². The molecule has 6 nitrogen and oxygen atoms in total. The molecular formula is C12H18N6. The minimum absolute atomic E-state index is 0.458. The zero-order valence-electron chi connectivity index (χ0n) is 10.6. The van der Waals surface area contributed by atoms with Crippen LogP contribution in [0, 0.1) is 0 Å². The van der Waals surface area contributed by atoms with Gasteiger partial charge in [-0.15, -0.1) is 0 Å². The zero-order valence-corrected chi connectivity index (χ0v) is 10.6. The van der Waals surface area contributed by atoms with E-state index in [4.69, 9.17) is 0 Å². The van der Waals surface area contributed by atoms with Crippen LogP contribution in [0.5, 0.6) is 0 Å². The van der Waals surface area contributed by atoms with Crippen LogP contribution in [0.15, 0.2) is 12.7 Å². The first-order valence-corrected chi connectivity index (χ1v) is 6.50. The van der Waals surface area contributed by atoms with E-state index in [2.05, 4.69) is 37.1 Å². The van der Waals surface area contributed by atoms with Gasteiger partial charge in [-0.1, -0.05) is 6.92 Å². The summed E-state index contributed by atoms with van der Waals surface area (Å²) in [6.45, 7) is 5.61. The highest BCUT2D eigenvalue weighted by molar-refractivity contribution is 5.82. The monoisotopic (exact) mass is 246 g/mol. The Morgan fingerprint density at radius 3 is 3.28 bits per heavy atom. The molecule has 2 N–H and O–H groups in total. The predicted molar refractivity (Wildman–Crippen MR) is 70.4 cm³/mol. The third-order valence-corrected chi connectivity index (χ3v) is 3.52. The number of H-pyrrole nitrogens is 1. The van der Waals surface area contributed by atoms with Crippen molar-refractivity contribution in [1.29, 1.82) is 0 Å². The molecular weight excluding hydrogens is 228 g/mol. The number of piperidine rings is 1. The summed E-state index contributed by atoms with van der Waals surface area (Å²) in [6.07, 6.45) is 5.65. The zero-order chi connectivity index (χ0) is 12.4. The number of nitrogens with one attached hydrogen (secondary N) is 2. The molecule has 0 spiro atoms. The lowest BCUT2D eigenvalue weighted by molar-refractivity contribution is 0.226. The number of hydrogen-bond acceptors (Lipinski definition) is 5. The van der Waals surface area contributed by atoms with Gasteiger partial charge in [0.2, 0.25) is 0 Å². The van der Waals surface area contributed by atoms with Gasteiger partial charge in [0.05, 0.1) is 6.33 Å². The SMILES string of the molecule is CCN1CCCC(Nc2ncnc3nc[nH]c23)C1. The summed E-state index contributed by atoms with van der Waals surface area (Å²) in [5.74, 6) is 0.862. The fourth-order valence-corrected chi connectivity index (χ4v) is 2.53. The lowest BCUT2D eigenvalue weighted by Gasteiger charge is -2.32. The Balaban J connectivity index is 1.77. The van der Waals surface area contributed by atoms with Gasteiger partial charge in [0.1, 0.15) is 11.8 Å². The van der Waals surface area contributed by atoms with E-state index in [0.717, 1.165) is 30.1 Å². The Bertz CT molecular complexity index is 522. The summed E-state index contributed by atoms with van der Waals surface area (Å²) in [4.78, 5) is 18.1. The van der Waals surface area contributed by atoms with Crippen molar-refractivity contribution < 1.29 is 0 Å². The highest BCUT2D eigenvalue weighted by Crippen LogP contribution is 2.19. The van der Waals surface area contributed by atoms with Crippen molar-refractivity contribution in [2.75, 3.05) is 25.0 Å². The van der Waals surface area contributed by atoms with Gasteiger partial charge in [-0.25, -0.2) is 15.0 Å². The quantitative estimate of drug-likeness (QED) is 0.853.